The first-order valence-electron chi connectivity index (χ1n) is 13.0. The van der Waals surface area contributed by atoms with Crippen LogP contribution >= 0.6 is 0 Å². The molecule has 0 bridgehead atoms. The van der Waals surface area contributed by atoms with Gasteiger partial charge < -0.3 is 10.2 Å². The van der Waals surface area contributed by atoms with Crippen LogP contribution in [0.5, 0.6) is 0 Å². The molecule has 1 aromatic heterocycles. The van der Waals surface area contributed by atoms with Gasteiger partial charge in [0.25, 0.3) is 0 Å². The lowest BCUT2D eigenvalue weighted by molar-refractivity contribution is -0.121. The smallest absolute Gasteiger partial charge is 0.238 e. The third kappa shape index (κ3) is 3.15. The van der Waals surface area contributed by atoms with Crippen molar-refractivity contribution < 1.29 is 14.4 Å². The minimum Gasteiger partial charge on any atom is -0.352 e. The van der Waals surface area contributed by atoms with Crippen LogP contribution in [-0.2, 0) is 10.2 Å². The lowest BCUT2D eigenvalue weighted by atomic mass is 9.64. The lowest BCUT2D eigenvalue weighted by Crippen LogP contribution is -2.51. The first kappa shape index (κ1) is 23.3. The first-order valence-corrected chi connectivity index (χ1v) is 13.0. The summed E-state index contributed by atoms with van der Waals surface area (Å²) in [6.07, 6.45) is 5.20. The van der Waals surface area contributed by atoms with Crippen LogP contribution in [0.15, 0.2) is 109 Å². The summed E-state index contributed by atoms with van der Waals surface area (Å²) in [6.45, 7) is 2.02. The van der Waals surface area contributed by atoms with E-state index in [-0.39, 0.29) is 17.5 Å². The average Bonchev–Trinajstić information content (AvgIpc) is 3.45. The molecule has 6 heteroatoms. The van der Waals surface area contributed by atoms with E-state index >= 15 is 0 Å². The Morgan fingerprint density at radius 2 is 1.49 bits per heavy atom. The largest absolute Gasteiger partial charge is 0.352 e. The van der Waals surface area contributed by atoms with E-state index in [1.54, 1.807) is 36.7 Å². The van der Waals surface area contributed by atoms with E-state index in [0.29, 0.717) is 16.8 Å². The molecule has 1 N–H and O–H groups in total. The molecule has 0 radical (unpaired) electrons. The molecule has 39 heavy (non-hydrogen) atoms. The topological polar surface area (TPSA) is 79.4 Å². The molecule has 1 amide bonds. The van der Waals surface area contributed by atoms with Gasteiger partial charge >= 0.3 is 0 Å². The average molecular weight is 512 g/mol. The Bertz CT molecular complexity index is 1680. The molecule has 1 spiro atoms. The highest BCUT2D eigenvalue weighted by Crippen LogP contribution is 2.58. The number of hydrogen-bond acceptors (Lipinski definition) is 5. The van der Waals surface area contributed by atoms with E-state index in [4.69, 9.17) is 0 Å². The van der Waals surface area contributed by atoms with Crippen molar-refractivity contribution in [2.45, 2.75) is 24.4 Å². The highest BCUT2D eigenvalue weighted by Gasteiger charge is 2.70. The van der Waals surface area contributed by atoms with Gasteiger partial charge in [0, 0.05) is 40.5 Å². The molecule has 0 aliphatic carbocycles. The number of pyridine rings is 1. The van der Waals surface area contributed by atoms with Crippen molar-refractivity contribution >= 4 is 34.4 Å². The van der Waals surface area contributed by atoms with Crippen LogP contribution in [0.25, 0.3) is 5.57 Å². The zero-order chi connectivity index (χ0) is 26.7. The molecule has 0 saturated carbocycles. The predicted octanol–water partition coefficient (Wildman–Crippen LogP) is 5.33. The summed E-state index contributed by atoms with van der Waals surface area (Å²) in [5, 5.41) is 3.07. The third-order valence-electron chi connectivity index (χ3n) is 8.46. The standard InChI is InChI=1S/C33H25N3O3/c1-20-19-27-33(24-12-6-7-13-25(24)35-32(33)39)28(30(37)22-15-17-34-18-16-22)29(31(38)21-9-3-2-4-10-21)36(27)26-14-8-5-11-23(20)26/h2-19,27-29H,1H3,(H,35,39)/t27-,28-,29+,33-/m0/s1. The summed E-state index contributed by atoms with van der Waals surface area (Å²) >= 11 is 0. The van der Waals surface area contributed by atoms with Gasteiger partial charge in [0.2, 0.25) is 5.91 Å². The normalized spacial score (nSPS) is 24.4. The fourth-order valence-electron chi connectivity index (χ4n) is 6.86. The number of benzene rings is 3. The van der Waals surface area contributed by atoms with Gasteiger partial charge in [0.1, 0.15) is 11.5 Å². The Morgan fingerprint density at radius 3 is 2.28 bits per heavy atom. The summed E-state index contributed by atoms with van der Waals surface area (Å²) < 4.78 is 0. The quantitative estimate of drug-likeness (QED) is 0.375. The number of Topliss-reactive ketones (excluding diaryl/α,β-unsaturated/α-hetero) is 2. The first-order chi connectivity index (χ1) is 19.0. The molecule has 3 aliphatic rings. The number of carbonyl (C=O) groups excluding carboxylic acids is 3. The minimum absolute atomic E-state index is 0.190. The molecule has 1 saturated heterocycles. The van der Waals surface area contributed by atoms with Crippen LogP contribution in [-0.4, -0.2) is 34.5 Å². The van der Waals surface area contributed by atoms with Crippen molar-refractivity contribution in [1.29, 1.82) is 0 Å². The fourth-order valence-corrected chi connectivity index (χ4v) is 6.86. The Labute approximate surface area is 226 Å². The summed E-state index contributed by atoms with van der Waals surface area (Å²) in [6, 6.07) is 26.3. The number of anilines is 2. The molecular weight excluding hydrogens is 486 g/mol. The molecule has 6 nitrogen and oxygen atoms in total. The minimum atomic E-state index is -1.32. The third-order valence-corrected chi connectivity index (χ3v) is 8.46. The van der Waals surface area contributed by atoms with Gasteiger partial charge in [-0.25, -0.2) is 0 Å². The molecular formula is C33H25N3O3. The van der Waals surface area contributed by atoms with Crippen LogP contribution < -0.4 is 10.2 Å². The number of aromatic nitrogens is 1. The highest BCUT2D eigenvalue weighted by atomic mass is 16.2. The Morgan fingerprint density at radius 1 is 0.821 bits per heavy atom. The monoisotopic (exact) mass is 511 g/mol. The highest BCUT2D eigenvalue weighted by molar-refractivity contribution is 6.18. The van der Waals surface area contributed by atoms with Crippen molar-refractivity contribution in [2.75, 3.05) is 10.2 Å². The molecule has 4 atom stereocenters. The van der Waals surface area contributed by atoms with Crippen molar-refractivity contribution in [3.05, 3.63) is 132 Å². The summed E-state index contributed by atoms with van der Waals surface area (Å²) in [7, 11) is 0. The molecule has 4 heterocycles. The van der Waals surface area contributed by atoms with Crippen LogP contribution in [0, 0.1) is 5.92 Å². The second-order valence-corrected chi connectivity index (χ2v) is 10.3. The van der Waals surface area contributed by atoms with Crippen molar-refractivity contribution in [2.24, 2.45) is 5.92 Å². The van der Waals surface area contributed by atoms with Crippen molar-refractivity contribution in [3.63, 3.8) is 0 Å². The van der Waals surface area contributed by atoms with Gasteiger partial charge in [-0.1, -0.05) is 72.8 Å². The molecule has 190 valence electrons. The lowest BCUT2D eigenvalue weighted by Gasteiger charge is -2.39. The van der Waals surface area contributed by atoms with Gasteiger partial charge in [-0.2, -0.15) is 0 Å². The number of nitrogens with one attached hydrogen (secondary N) is 1. The van der Waals surface area contributed by atoms with Gasteiger partial charge in [0.05, 0.1) is 12.0 Å². The maximum absolute atomic E-state index is 14.6. The molecule has 1 fully saturated rings. The molecule has 7 rings (SSSR count). The second-order valence-electron chi connectivity index (χ2n) is 10.3. The number of ketones is 2. The molecule has 4 aromatic rings. The maximum Gasteiger partial charge on any atom is 0.238 e. The van der Waals surface area contributed by atoms with Crippen LogP contribution in [0.2, 0.25) is 0 Å². The SMILES string of the molecule is CC1=C[C@@H]2N(c3ccccc31)[C@@H](C(=O)c1ccccc1)[C@@H](C(=O)c1ccncc1)[C@@]21C(=O)Nc2ccccc21. The number of fused-ring (bicyclic) bond motifs is 6. The number of hydrogen-bond donors (Lipinski definition) is 1. The number of allylic oxidation sites excluding steroid dienone is 1. The number of rotatable bonds is 4. The van der Waals surface area contributed by atoms with E-state index < -0.39 is 23.4 Å². The van der Waals surface area contributed by atoms with Gasteiger partial charge in [-0.3, -0.25) is 19.4 Å². The Hall–Kier alpha value is -4.84. The predicted molar refractivity (Wildman–Crippen MR) is 150 cm³/mol. The Kier molecular flexibility index (Phi) is 5.13. The van der Waals surface area contributed by atoms with Gasteiger partial charge in [0.15, 0.2) is 11.6 Å². The second kappa shape index (κ2) is 8.60. The van der Waals surface area contributed by atoms with Gasteiger partial charge in [-0.05, 0) is 42.3 Å². The van der Waals surface area contributed by atoms with E-state index in [1.165, 1.54) is 0 Å². The van der Waals surface area contributed by atoms with Crippen LogP contribution in [0.1, 0.15) is 38.8 Å². The zero-order valence-corrected chi connectivity index (χ0v) is 21.2. The van der Waals surface area contributed by atoms with Crippen molar-refractivity contribution in [1.82, 2.24) is 4.98 Å². The summed E-state index contributed by atoms with van der Waals surface area (Å²) in [5.41, 5.74) is 3.86. The zero-order valence-electron chi connectivity index (χ0n) is 21.2. The van der Waals surface area contributed by atoms with Crippen LogP contribution in [0.4, 0.5) is 11.4 Å². The summed E-state index contributed by atoms with van der Waals surface area (Å²) in [4.78, 5) is 49.6. The maximum atomic E-state index is 14.6. The van der Waals surface area contributed by atoms with Gasteiger partial charge in [-0.15, -0.1) is 0 Å². The fraction of sp³-hybridized carbons (Fsp3) is 0.152. The Balaban J connectivity index is 1.57. The molecule has 0 unspecified atom stereocenters. The number of amides is 1. The van der Waals surface area contributed by atoms with E-state index in [9.17, 15) is 14.4 Å². The van der Waals surface area contributed by atoms with Crippen molar-refractivity contribution in [3.8, 4) is 0 Å². The van der Waals surface area contributed by atoms with E-state index in [0.717, 1.165) is 22.4 Å². The number of nitrogens with zero attached hydrogens (tertiary/aromatic N) is 2. The van der Waals surface area contributed by atoms with E-state index in [2.05, 4.69) is 16.4 Å². The molecule has 3 aliphatic heterocycles. The van der Waals surface area contributed by atoms with Crippen LogP contribution in [0.3, 0.4) is 0 Å². The van der Waals surface area contributed by atoms with E-state index in [1.807, 2.05) is 78.6 Å². The number of para-hydroxylation sites is 2. The number of carbonyl (C=O) groups is 3. The molecule has 3 aromatic carbocycles. The summed E-state index contributed by atoms with van der Waals surface area (Å²) in [5.74, 6) is -1.70.